The number of fused-ring (bicyclic) bond motifs is 1. The fraction of sp³-hybridized carbons (Fsp3) is 1.00. The van der Waals surface area contributed by atoms with Crippen LogP contribution in [0, 0.1) is 0 Å². The second-order valence-electron chi connectivity index (χ2n) is 2.79. The molecule has 2 saturated heterocycles. The third kappa shape index (κ3) is 0.932. The highest BCUT2D eigenvalue weighted by Crippen LogP contribution is 2.16. The molecule has 0 aromatic heterocycles. The van der Waals surface area contributed by atoms with Crippen LogP contribution in [-0.4, -0.2) is 42.6 Å². The van der Waals surface area contributed by atoms with E-state index < -0.39 is 0 Å². The second kappa shape index (κ2) is 2.47. The first-order chi connectivity index (χ1) is 4.88. The fourth-order valence-corrected chi connectivity index (χ4v) is 1.54. The molecular formula is C6H13N3O. The fourth-order valence-electron chi connectivity index (χ4n) is 1.54. The molecule has 0 aromatic rings. The zero-order valence-electron chi connectivity index (χ0n) is 5.99. The van der Waals surface area contributed by atoms with Gasteiger partial charge in [-0.3, -0.25) is 0 Å². The van der Waals surface area contributed by atoms with Crippen LogP contribution in [0.5, 0.6) is 0 Å². The molecule has 0 bridgehead atoms. The minimum atomic E-state index is 0.240. The Morgan fingerprint density at radius 2 is 2.30 bits per heavy atom. The Bertz CT molecular complexity index is 128. The van der Waals surface area contributed by atoms with Gasteiger partial charge in [-0.1, -0.05) is 0 Å². The van der Waals surface area contributed by atoms with Gasteiger partial charge in [0.2, 0.25) is 0 Å². The Kier molecular flexibility index (Phi) is 1.61. The van der Waals surface area contributed by atoms with Crippen molar-refractivity contribution >= 4 is 0 Å². The molecule has 0 aromatic carbocycles. The first kappa shape index (κ1) is 6.54. The SMILES string of the molecule is NC1CCN2COCCN12. The number of hydrazine groups is 1. The Morgan fingerprint density at radius 1 is 1.40 bits per heavy atom. The van der Waals surface area contributed by atoms with Crippen LogP contribution in [0.1, 0.15) is 6.42 Å². The van der Waals surface area contributed by atoms with Crippen molar-refractivity contribution in [2.24, 2.45) is 5.73 Å². The molecule has 0 aliphatic carbocycles. The average molecular weight is 143 g/mol. The zero-order chi connectivity index (χ0) is 6.97. The predicted molar refractivity (Wildman–Crippen MR) is 36.8 cm³/mol. The minimum Gasteiger partial charge on any atom is -0.363 e. The molecule has 4 nitrogen and oxygen atoms in total. The van der Waals surface area contributed by atoms with Gasteiger partial charge in [0.05, 0.1) is 12.8 Å². The number of ether oxygens (including phenoxy) is 1. The standard InChI is InChI=1S/C6H13N3O/c7-6-1-2-8-5-10-4-3-9(6)8/h6H,1-5,7H2. The lowest BCUT2D eigenvalue weighted by atomic mass is 10.4. The summed E-state index contributed by atoms with van der Waals surface area (Å²) in [5.41, 5.74) is 5.82. The molecule has 4 heteroatoms. The summed E-state index contributed by atoms with van der Waals surface area (Å²) in [6.07, 6.45) is 1.31. The van der Waals surface area contributed by atoms with Crippen molar-refractivity contribution in [3.05, 3.63) is 0 Å². The van der Waals surface area contributed by atoms with Crippen LogP contribution < -0.4 is 5.73 Å². The third-order valence-corrected chi connectivity index (χ3v) is 2.13. The van der Waals surface area contributed by atoms with Crippen molar-refractivity contribution in [3.8, 4) is 0 Å². The first-order valence-corrected chi connectivity index (χ1v) is 3.73. The molecular weight excluding hydrogens is 130 g/mol. The maximum atomic E-state index is 5.82. The molecule has 2 rings (SSSR count). The van der Waals surface area contributed by atoms with Crippen LogP contribution >= 0.6 is 0 Å². The van der Waals surface area contributed by atoms with E-state index in [1.165, 1.54) is 0 Å². The molecule has 10 heavy (non-hydrogen) atoms. The molecule has 2 aliphatic heterocycles. The van der Waals surface area contributed by atoms with Gasteiger partial charge >= 0.3 is 0 Å². The summed E-state index contributed by atoms with van der Waals surface area (Å²) in [5, 5.41) is 4.37. The van der Waals surface area contributed by atoms with Crippen molar-refractivity contribution in [1.29, 1.82) is 0 Å². The van der Waals surface area contributed by atoms with Crippen LogP contribution in [0.2, 0.25) is 0 Å². The van der Waals surface area contributed by atoms with E-state index in [1.807, 2.05) is 0 Å². The number of hydrogen-bond donors (Lipinski definition) is 1. The number of rotatable bonds is 0. The second-order valence-corrected chi connectivity index (χ2v) is 2.79. The average Bonchev–Trinajstić information content (AvgIpc) is 2.34. The Morgan fingerprint density at radius 3 is 3.10 bits per heavy atom. The maximum absolute atomic E-state index is 5.82. The van der Waals surface area contributed by atoms with Crippen LogP contribution in [-0.2, 0) is 4.74 Å². The molecule has 2 heterocycles. The van der Waals surface area contributed by atoms with E-state index in [9.17, 15) is 0 Å². The van der Waals surface area contributed by atoms with Crippen molar-refractivity contribution in [2.45, 2.75) is 12.6 Å². The Labute approximate surface area is 60.5 Å². The predicted octanol–water partition coefficient (Wildman–Crippen LogP) is -0.818. The monoisotopic (exact) mass is 143 g/mol. The van der Waals surface area contributed by atoms with Gasteiger partial charge in [0.25, 0.3) is 0 Å². The highest BCUT2D eigenvalue weighted by molar-refractivity contribution is 4.74. The van der Waals surface area contributed by atoms with E-state index in [0.29, 0.717) is 0 Å². The molecule has 2 N–H and O–H groups in total. The third-order valence-electron chi connectivity index (χ3n) is 2.13. The van der Waals surface area contributed by atoms with Gasteiger partial charge in [0, 0.05) is 13.1 Å². The van der Waals surface area contributed by atoms with Crippen LogP contribution in [0.25, 0.3) is 0 Å². The summed E-state index contributed by atoms with van der Waals surface area (Å²) in [4.78, 5) is 0. The zero-order valence-corrected chi connectivity index (χ0v) is 5.99. The lowest BCUT2D eigenvalue weighted by molar-refractivity contribution is -0.142. The molecule has 2 aliphatic rings. The van der Waals surface area contributed by atoms with Crippen molar-refractivity contribution in [3.63, 3.8) is 0 Å². The molecule has 0 spiro atoms. The summed E-state index contributed by atoms with van der Waals surface area (Å²) in [6, 6.07) is 0. The molecule has 1 unspecified atom stereocenters. The summed E-state index contributed by atoms with van der Waals surface area (Å²) < 4.78 is 5.26. The lowest BCUT2D eigenvalue weighted by Gasteiger charge is -2.34. The summed E-state index contributed by atoms with van der Waals surface area (Å²) in [7, 11) is 0. The summed E-state index contributed by atoms with van der Waals surface area (Å²) in [5.74, 6) is 0. The molecule has 58 valence electrons. The molecule has 0 radical (unpaired) electrons. The van der Waals surface area contributed by atoms with Gasteiger partial charge in [-0.15, -0.1) is 0 Å². The van der Waals surface area contributed by atoms with E-state index in [2.05, 4.69) is 10.0 Å². The lowest BCUT2D eigenvalue weighted by Crippen LogP contribution is -2.50. The van der Waals surface area contributed by atoms with Crippen LogP contribution in [0.15, 0.2) is 0 Å². The molecule has 0 amide bonds. The van der Waals surface area contributed by atoms with Crippen molar-refractivity contribution < 1.29 is 4.74 Å². The molecule has 2 fully saturated rings. The van der Waals surface area contributed by atoms with E-state index in [4.69, 9.17) is 10.5 Å². The quantitative estimate of drug-likeness (QED) is 0.481. The number of hydrogen-bond acceptors (Lipinski definition) is 4. The summed E-state index contributed by atoms with van der Waals surface area (Å²) in [6.45, 7) is 3.57. The minimum absolute atomic E-state index is 0.240. The van der Waals surface area contributed by atoms with Gasteiger partial charge < -0.3 is 10.5 Å². The number of nitrogens with zero attached hydrogens (tertiary/aromatic N) is 2. The highest BCUT2D eigenvalue weighted by atomic mass is 16.5. The van der Waals surface area contributed by atoms with Crippen LogP contribution in [0.3, 0.4) is 0 Å². The van der Waals surface area contributed by atoms with E-state index >= 15 is 0 Å². The first-order valence-electron chi connectivity index (χ1n) is 3.73. The highest BCUT2D eigenvalue weighted by Gasteiger charge is 2.30. The normalized spacial score (nSPS) is 36.3. The van der Waals surface area contributed by atoms with Gasteiger partial charge in [-0.2, -0.15) is 0 Å². The van der Waals surface area contributed by atoms with E-state index in [1.54, 1.807) is 0 Å². The van der Waals surface area contributed by atoms with E-state index in [0.717, 1.165) is 32.8 Å². The maximum Gasteiger partial charge on any atom is 0.112 e. The molecule has 0 saturated carbocycles. The van der Waals surface area contributed by atoms with Gasteiger partial charge in [-0.25, -0.2) is 10.0 Å². The van der Waals surface area contributed by atoms with Gasteiger partial charge in [0.15, 0.2) is 0 Å². The van der Waals surface area contributed by atoms with E-state index in [-0.39, 0.29) is 6.17 Å². The molecule has 1 atom stereocenters. The van der Waals surface area contributed by atoms with Gasteiger partial charge in [-0.05, 0) is 6.42 Å². The Balaban J connectivity index is 2.01. The topological polar surface area (TPSA) is 41.7 Å². The smallest absolute Gasteiger partial charge is 0.112 e. The van der Waals surface area contributed by atoms with Gasteiger partial charge in [0.1, 0.15) is 6.73 Å². The van der Waals surface area contributed by atoms with Crippen molar-refractivity contribution in [2.75, 3.05) is 26.4 Å². The van der Waals surface area contributed by atoms with Crippen molar-refractivity contribution in [1.82, 2.24) is 10.0 Å². The summed E-state index contributed by atoms with van der Waals surface area (Å²) >= 11 is 0. The number of nitrogens with two attached hydrogens (primary N) is 1. The largest absolute Gasteiger partial charge is 0.363 e. The Hall–Kier alpha value is -0.160. The van der Waals surface area contributed by atoms with Crippen LogP contribution in [0.4, 0.5) is 0 Å².